The van der Waals surface area contributed by atoms with Gasteiger partial charge in [-0.05, 0) is 25.1 Å². The Labute approximate surface area is 115 Å². The lowest BCUT2D eigenvalue weighted by atomic mass is 10.1. The molecule has 1 heterocycles. The summed E-state index contributed by atoms with van der Waals surface area (Å²) < 4.78 is 0. The van der Waals surface area contributed by atoms with Gasteiger partial charge in [0.15, 0.2) is 0 Å². The molecule has 0 fully saturated rings. The first-order chi connectivity index (χ1) is 9.58. The second-order valence-corrected chi connectivity index (χ2v) is 4.26. The quantitative estimate of drug-likeness (QED) is 0.682. The number of rotatable bonds is 4. The van der Waals surface area contributed by atoms with Gasteiger partial charge in [0, 0.05) is 23.4 Å². The highest BCUT2D eigenvalue weighted by molar-refractivity contribution is 5.94. The lowest BCUT2D eigenvalue weighted by Gasteiger charge is -2.05. The second kappa shape index (κ2) is 5.92. The van der Waals surface area contributed by atoms with Crippen molar-refractivity contribution in [2.24, 2.45) is 0 Å². The van der Waals surface area contributed by atoms with Crippen molar-refractivity contribution >= 4 is 11.6 Å². The molecular formula is C14H13N3O3. The Kier molecular flexibility index (Phi) is 4.05. The van der Waals surface area contributed by atoms with Gasteiger partial charge in [0.05, 0.1) is 17.2 Å². The number of nitro benzene ring substituents is 1. The van der Waals surface area contributed by atoms with E-state index < -0.39 is 4.92 Å². The Morgan fingerprint density at radius 3 is 2.80 bits per heavy atom. The highest BCUT2D eigenvalue weighted by atomic mass is 16.6. The molecule has 2 aromatic rings. The van der Waals surface area contributed by atoms with Crippen molar-refractivity contribution in [3.05, 3.63) is 69.5 Å². The van der Waals surface area contributed by atoms with E-state index in [0.29, 0.717) is 5.56 Å². The van der Waals surface area contributed by atoms with Crippen LogP contribution in [0.1, 0.15) is 21.6 Å². The first-order valence-electron chi connectivity index (χ1n) is 6.01. The average molecular weight is 271 g/mol. The smallest absolute Gasteiger partial charge is 0.273 e. The van der Waals surface area contributed by atoms with Crippen LogP contribution in [-0.2, 0) is 6.54 Å². The number of hydrogen-bond donors (Lipinski definition) is 1. The first kappa shape index (κ1) is 13.7. The molecule has 2 rings (SSSR count). The lowest BCUT2D eigenvalue weighted by molar-refractivity contribution is -0.385. The predicted molar refractivity (Wildman–Crippen MR) is 73.2 cm³/mol. The first-order valence-corrected chi connectivity index (χ1v) is 6.01. The minimum Gasteiger partial charge on any atom is -0.346 e. The fourth-order valence-corrected chi connectivity index (χ4v) is 1.72. The van der Waals surface area contributed by atoms with Crippen LogP contribution in [-0.4, -0.2) is 15.8 Å². The highest BCUT2D eigenvalue weighted by Gasteiger charge is 2.14. The van der Waals surface area contributed by atoms with Crippen LogP contribution in [0.3, 0.4) is 0 Å². The number of pyridine rings is 1. The molecule has 6 heteroatoms. The van der Waals surface area contributed by atoms with E-state index in [-0.39, 0.29) is 23.7 Å². The Morgan fingerprint density at radius 1 is 1.35 bits per heavy atom. The van der Waals surface area contributed by atoms with Crippen LogP contribution in [0.15, 0.2) is 42.6 Å². The Bertz CT molecular complexity index is 641. The van der Waals surface area contributed by atoms with Crippen molar-refractivity contribution in [3.8, 4) is 0 Å². The third-order valence-corrected chi connectivity index (χ3v) is 2.82. The van der Waals surface area contributed by atoms with Crippen molar-refractivity contribution in [1.82, 2.24) is 10.3 Å². The zero-order valence-corrected chi connectivity index (χ0v) is 10.9. The van der Waals surface area contributed by atoms with Gasteiger partial charge in [-0.3, -0.25) is 19.9 Å². The zero-order chi connectivity index (χ0) is 14.5. The summed E-state index contributed by atoms with van der Waals surface area (Å²) in [5.74, 6) is -0.362. The molecule has 1 aromatic carbocycles. The number of nitrogens with zero attached hydrogens (tertiary/aromatic N) is 2. The van der Waals surface area contributed by atoms with E-state index in [0.717, 1.165) is 5.69 Å². The SMILES string of the molecule is Cc1ccc(C(=O)NCc2ccccn2)cc1[N+](=O)[O-]. The minimum absolute atomic E-state index is 0.0597. The van der Waals surface area contributed by atoms with Crippen molar-refractivity contribution in [2.45, 2.75) is 13.5 Å². The Balaban J connectivity index is 2.10. The molecule has 0 saturated carbocycles. The molecule has 0 aliphatic rings. The Hall–Kier alpha value is -2.76. The second-order valence-electron chi connectivity index (χ2n) is 4.26. The standard InChI is InChI=1S/C14H13N3O3/c1-10-5-6-11(8-13(10)17(19)20)14(18)16-9-12-4-2-3-7-15-12/h2-8H,9H2,1H3,(H,16,18). The fraction of sp³-hybridized carbons (Fsp3) is 0.143. The molecule has 0 radical (unpaired) electrons. The molecule has 1 N–H and O–H groups in total. The molecule has 1 amide bonds. The number of nitrogens with one attached hydrogen (secondary N) is 1. The largest absolute Gasteiger partial charge is 0.346 e. The van der Waals surface area contributed by atoms with Crippen LogP contribution in [0.4, 0.5) is 5.69 Å². The number of nitro groups is 1. The van der Waals surface area contributed by atoms with Crippen molar-refractivity contribution < 1.29 is 9.72 Å². The van der Waals surface area contributed by atoms with E-state index in [1.165, 1.54) is 6.07 Å². The summed E-state index contributed by atoms with van der Waals surface area (Å²) in [5, 5.41) is 13.5. The number of carbonyl (C=O) groups excluding carboxylic acids is 1. The van der Waals surface area contributed by atoms with Crippen LogP contribution in [0.2, 0.25) is 0 Å². The number of aromatic nitrogens is 1. The van der Waals surface area contributed by atoms with Gasteiger partial charge >= 0.3 is 0 Å². The number of carbonyl (C=O) groups is 1. The normalized spacial score (nSPS) is 10.1. The number of amides is 1. The van der Waals surface area contributed by atoms with E-state index in [2.05, 4.69) is 10.3 Å². The van der Waals surface area contributed by atoms with E-state index in [1.807, 2.05) is 6.07 Å². The van der Waals surface area contributed by atoms with E-state index in [9.17, 15) is 14.9 Å². The van der Waals surface area contributed by atoms with Gasteiger partial charge in [-0.25, -0.2) is 0 Å². The molecule has 102 valence electrons. The Morgan fingerprint density at radius 2 is 2.15 bits per heavy atom. The van der Waals surface area contributed by atoms with Crippen LogP contribution in [0.5, 0.6) is 0 Å². The van der Waals surface area contributed by atoms with Gasteiger partial charge < -0.3 is 5.32 Å². The minimum atomic E-state index is -0.495. The number of aryl methyl sites for hydroxylation is 1. The van der Waals surface area contributed by atoms with Gasteiger partial charge in [-0.1, -0.05) is 12.1 Å². The van der Waals surface area contributed by atoms with Crippen molar-refractivity contribution in [3.63, 3.8) is 0 Å². The molecule has 0 unspecified atom stereocenters. The summed E-state index contributed by atoms with van der Waals surface area (Å²) in [7, 11) is 0. The predicted octanol–water partition coefficient (Wildman–Crippen LogP) is 2.23. The summed E-state index contributed by atoms with van der Waals surface area (Å²) >= 11 is 0. The number of benzene rings is 1. The average Bonchev–Trinajstić information content (AvgIpc) is 2.46. The monoisotopic (exact) mass is 271 g/mol. The lowest BCUT2D eigenvalue weighted by Crippen LogP contribution is -2.23. The van der Waals surface area contributed by atoms with Crippen molar-refractivity contribution in [1.29, 1.82) is 0 Å². The maximum Gasteiger partial charge on any atom is 0.273 e. The summed E-state index contributed by atoms with van der Waals surface area (Å²) in [4.78, 5) is 26.4. The van der Waals surface area contributed by atoms with Gasteiger partial charge in [0.1, 0.15) is 0 Å². The summed E-state index contributed by atoms with van der Waals surface area (Å²) in [6.45, 7) is 1.91. The molecule has 0 spiro atoms. The molecule has 1 aromatic heterocycles. The van der Waals surface area contributed by atoms with Crippen LogP contribution >= 0.6 is 0 Å². The molecule has 0 saturated heterocycles. The molecule has 0 atom stereocenters. The van der Waals surface area contributed by atoms with E-state index in [1.54, 1.807) is 37.4 Å². The van der Waals surface area contributed by atoms with Gasteiger partial charge in [-0.15, -0.1) is 0 Å². The summed E-state index contributed by atoms with van der Waals surface area (Å²) in [6.07, 6.45) is 1.64. The molecule has 20 heavy (non-hydrogen) atoms. The molecular weight excluding hydrogens is 258 g/mol. The third-order valence-electron chi connectivity index (χ3n) is 2.82. The molecule has 0 bridgehead atoms. The van der Waals surface area contributed by atoms with E-state index in [4.69, 9.17) is 0 Å². The highest BCUT2D eigenvalue weighted by Crippen LogP contribution is 2.19. The maximum absolute atomic E-state index is 11.9. The van der Waals surface area contributed by atoms with Crippen molar-refractivity contribution in [2.75, 3.05) is 0 Å². The number of hydrogen-bond acceptors (Lipinski definition) is 4. The third kappa shape index (κ3) is 3.17. The van der Waals surface area contributed by atoms with Crippen LogP contribution < -0.4 is 5.32 Å². The van der Waals surface area contributed by atoms with Gasteiger partial charge in [-0.2, -0.15) is 0 Å². The van der Waals surface area contributed by atoms with Crippen LogP contribution in [0, 0.1) is 17.0 Å². The zero-order valence-electron chi connectivity index (χ0n) is 10.9. The fourth-order valence-electron chi connectivity index (χ4n) is 1.72. The summed E-state index contributed by atoms with van der Waals surface area (Å²) in [6, 6.07) is 9.81. The molecule has 0 aliphatic carbocycles. The maximum atomic E-state index is 11.9. The summed E-state index contributed by atoms with van der Waals surface area (Å²) in [5.41, 5.74) is 1.45. The van der Waals surface area contributed by atoms with Gasteiger partial charge in [0.25, 0.3) is 11.6 Å². The molecule has 0 aliphatic heterocycles. The molecule has 6 nitrogen and oxygen atoms in total. The van der Waals surface area contributed by atoms with Gasteiger partial charge in [0.2, 0.25) is 0 Å². The van der Waals surface area contributed by atoms with Crippen LogP contribution in [0.25, 0.3) is 0 Å². The van der Waals surface area contributed by atoms with E-state index >= 15 is 0 Å². The topological polar surface area (TPSA) is 85.1 Å².